The first kappa shape index (κ1) is 13.5. The van der Waals surface area contributed by atoms with E-state index in [1.165, 1.54) is 6.07 Å². The van der Waals surface area contributed by atoms with E-state index in [2.05, 4.69) is 18.8 Å². The van der Waals surface area contributed by atoms with Crippen LogP contribution < -0.4 is 0 Å². The molecule has 2 rings (SSSR count). The molecular weight excluding hydrogens is 262 g/mol. The molecule has 0 saturated carbocycles. The quantitative estimate of drug-likeness (QED) is 0.525. The number of nitrogens with one attached hydrogen (secondary N) is 1. The van der Waals surface area contributed by atoms with Gasteiger partial charge >= 0.3 is 0 Å². The molecule has 2 aromatic rings. The Bertz CT molecular complexity index is 658. The number of hydrogen-bond donors (Lipinski definition) is 1. The average Bonchev–Trinajstić information content (AvgIpc) is 2.71. The van der Waals surface area contributed by atoms with Gasteiger partial charge in [0.1, 0.15) is 0 Å². The van der Waals surface area contributed by atoms with E-state index in [1.54, 1.807) is 18.3 Å². The van der Waals surface area contributed by atoms with Crippen LogP contribution >= 0.6 is 12.2 Å². The fraction of sp³-hybridized carbons (Fsp3) is 0.308. The second kappa shape index (κ2) is 5.36. The van der Waals surface area contributed by atoms with Crippen LogP contribution in [-0.2, 0) is 6.54 Å². The Morgan fingerprint density at radius 3 is 2.84 bits per heavy atom. The first-order valence-corrected chi connectivity index (χ1v) is 6.43. The highest BCUT2D eigenvalue weighted by Gasteiger charge is 2.12. The van der Waals surface area contributed by atoms with Gasteiger partial charge in [0, 0.05) is 30.4 Å². The molecule has 0 aliphatic carbocycles. The van der Waals surface area contributed by atoms with Crippen LogP contribution in [0.25, 0.3) is 11.3 Å². The summed E-state index contributed by atoms with van der Waals surface area (Å²) in [5.74, 6) is 0.444. The number of rotatable bonds is 4. The smallest absolute Gasteiger partial charge is 0.270 e. The van der Waals surface area contributed by atoms with E-state index in [-0.39, 0.29) is 5.69 Å². The highest BCUT2D eigenvalue weighted by molar-refractivity contribution is 7.71. The zero-order chi connectivity index (χ0) is 14.0. The van der Waals surface area contributed by atoms with Crippen molar-refractivity contribution >= 4 is 17.9 Å². The normalized spacial score (nSPS) is 10.9. The van der Waals surface area contributed by atoms with Crippen molar-refractivity contribution in [1.29, 1.82) is 0 Å². The fourth-order valence-electron chi connectivity index (χ4n) is 1.96. The number of imidazole rings is 1. The van der Waals surface area contributed by atoms with Crippen molar-refractivity contribution < 1.29 is 4.92 Å². The first-order valence-electron chi connectivity index (χ1n) is 6.02. The number of aromatic nitrogens is 2. The van der Waals surface area contributed by atoms with E-state index >= 15 is 0 Å². The van der Waals surface area contributed by atoms with E-state index in [9.17, 15) is 10.1 Å². The summed E-state index contributed by atoms with van der Waals surface area (Å²) in [5.41, 5.74) is 1.75. The maximum Gasteiger partial charge on any atom is 0.270 e. The van der Waals surface area contributed by atoms with Crippen molar-refractivity contribution in [3.63, 3.8) is 0 Å². The molecule has 0 saturated heterocycles. The van der Waals surface area contributed by atoms with Crippen molar-refractivity contribution in [2.45, 2.75) is 20.4 Å². The van der Waals surface area contributed by atoms with Crippen LogP contribution in [-0.4, -0.2) is 14.5 Å². The van der Waals surface area contributed by atoms with E-state index in [0.717, 1.165) is 17.8 Å². The van der Waals surface area contributed by atoms with Crippen LogP contribution in [0.15, 0.2) is 30.5 Å². The maximum atomic E-state index is 10.8. The number of nitro benzene ring substituents is 1. The summed E-state index contributed by atoms with van der Waals surface area (Å²) >= 11 is 5.25. The molecule has 0 aliphatic rings. The highest BCUT2D eigenvalue weighted by Crippen LogP contribution is 2.24. The van der Waals surface area contributed by atoms with E-state index in [0.29, 0.717) is 10.7 Å². The molecule has 6 heteroatoms. The van der Waals surface area contributed by atoms with Crippen LogP contribution in [0.2, 0.25) is 0 Å². The Morgan fingerprint density at radius 2 is 2.21 bits per heavy atom. The minimum atomic E-state index is -0.391. The second-order valence-corrected chi connectivity index (χ2v) is 5.18. The molecule has 0 spiro atoms. The molecule has 0 amide bonds. The number of nitro groups is 1. The van der Waals surface area contributed by atoms with Crippen molar-refractivity contribution in [3.05, 3.63) is 45.3 Å². The van der Waals surface area contributed by atoms with Crippen LogP contribution in [0, 0.1) is 20.8 Å². The zero-order valence-electron chi connectivity index (χ0n) is 10.8. The van der Waals surface area contributed by atoms with Crippen LogP contribution in [0.3, 0.4) is 0 Å². The lowest BCUT2D eigenvalue weighted by atomic mass is 10.1. The number of benzene rings is 1. The van der Waals surface area contributed by atoms with Gasteiger partial charge < -0.3 is 9.55 Å². The molecule has 100 valence electrons. The maximum absolute atomic E-state index is 10.8. The van der Waals surface area contributed by atoms with Crippen molar-refractivity contribution in [2.75, 3.05) is 0 Å². The summed E-state index contributed by atoms with van der Waals surface area (Å²) in [6.45, 7) is 4.98. The van der Waals surface area contributed by atoms with Crippen molar-refractivity contribution in [2.24, 2.45) is 5.92 Å². The van der Waals surface area contributed by atoms with Gasteiger partial charge in [-0.2, -0.15) is 0 Å². The number of non-ortho nitro benzene ring substituents is 1. The number of hydrogen-bond acceptors (Lipinski definition) is 3. The van der Waals surface area contributed by atoms with E-state index in [4.69, 9.17) is 12.2 Å². The van der Waals surface area contributed by atoms with E-state index in [1.807, 2.05) is 10.6 Å². The summed E-state index contributed by atoms with van der Waals surface area (Å²) in [6, 6.07) is 6.58. The first-order chi connectivity index (χ1) is 8.99. The molecule has 0 unspecified atom stereocenters. The molecule has 1 heterocycles. The van der Waals surface area contributed by atoms with Gasteiger partial charge in [-0.05, 0) is 18.1 Å². The van der Waals surface area contributed by atoms with Crippen molar-refractivity contribution in [3.8, 4) is 11.3 Å². The Labute approximate surface area is 116 Å². The topological polar surface area (TPSA) is 63.9 Å². The van der Waals surface area contributed by atoms with Gasteiger partial charge in [-0.1, -0.05) is 26.0 Å². The minimum absolute atomic E-state index is 0.0840. The Balaban J connectivity index is 2.50. The highest BCUT2D eigenvalue weighted by atomic mass is 32.1. The fourth-order valence-corrected chi connectivity index (χ4v) is 2.19. The van der Waals surface area contributed by atoms with Gasteiger partial charge in [0.25, 0.3) is 5.69 Å². The lowest BCUT2D eigenvalue weighted by Crippen LogP contribution is -2.06. The third kappa shape index (κ3) is 2.90. The lowest BCUT2D eigenvalue weighted by Gasteiger charge is -2.10. The predicted octanol–water partition coefficient (Wildman–Crippen LogP) is 3.78. The molecule has 1 aromatic carbocycles. The third-order valence-electron chi connectivity index (χ3n) is 2.77. The second-order valence-electron chi connectivity index (χ2n) is 4.79. The number of H-pyrrole nitrogens is 1. The Morgan fingerprint density at radius 1 is 1.47 bits per heavy atom. The van der Waals surface area contributed by atoms with Gasteiger partial charge in [-0.15, -0.1) is 0 Å². The molecular formula is C13H15N3O2S. The molecule has 0 bridgehead atoms. The zero-order valence-corrected chi connectivity index (χ0v) is 11.6. The summed E-state index contributed by atoms with van der Waals surface area (Å²) in [4.78, 5) is 13.4. The van der Waals surface area contributed by atoms with Crippen molar-refractivity contribution in [1.82, 2.24) is 9.55 Å². The lowest BCUT2D eigenvalue weighted by molar-refractivity contribution is -0.384. The Kier molecular flexibility index (Phi) is 3.80. The summed E-state index contributed by atoms with van der Waals surface area (Å²) in [5, 5.41) is 10.8. The van der Waals surface area contributed by atoms with Gasteiger partial charge in [0.2, 0.25) is 0 Å². The van der Waals surface area contributed by atoms with Gasteiger partial charge in [0.15, 0.2) is 4.77 Å². The minimum Gasteiger partial charge on any atom is -0.337 e. The SMILES string of the molecule is CC(C)Cn1c(-c2cccc([N+](=O)[O-])c2)c[nH]c1=S. The number of aromatic amines is 1. The molecule has 0 radical (unpaired) electrons. The molecule has 5 nitrogen and oxygen atoms in total. The van der Waals surface area contributed by atoms with Gasteiger partial charge in [0.05, 0.1) is 10.6 Å². The molecule has 0 fully saturated rings. The molecule has 1 aromatic heterocycles. The van der Waals surface area contributed by atoms with Gasteiger partial charge in [-0.25, -0.2) is 0 Å². The monoisotopic (exact) mass is 277 g/mol. The molecule has 0 aliphatic heterocycles. The van der Waals surface area contributed by atoms with E-state index < -0.39 is 4.92 Å². The standard InChI is InChI=1S/C13H15N3O2S/c1-9(2)8-15-12(7-14-13(15)19)10-4-3-5-11(6-10)16(17)18/h3-7,9H,8H2,1-2H3,(H,14,19). The average molecular weight is 277 g/mol. The predicted molar refractivity (Wildman–Crippen MR) is 76.5 cm³/mol. The molecule has 0 atom stereocenters. The summed E-state index contributed by atoms with van der Waals surface area (Å²) in [7, 11) is 0. The van der Waals surface area contributed by atoms with Crippen LogP contribution in [0.1, 0.15) is 13.8 Å². The van der Waals surface area contributed by atoms with Crippen LogP contribution in [0.4, 0.5) is 5.69 Å². The third-order valence-corrected chi connectivity index (χ3v) is 3.11. The van der Waals surface area contributed by atoms with Gasteiger partial charge in [-0.3, -0.25) is 10.1 Å². The largest absolute Gasteiger partial charge is 0.337 e. The Hall–Kier alpha value is -1.95. The molecule has 19 heavy (non-hydrogen) atoms. The summed E-state index contributed by atoms with van der Waals surface area (Å²) in [6.07, 6.45) is 1.80. The number of nitrogens with zero attached hydrogens (tertiary/aromatic N) is 2. The summed E-state index contributed by atoms with van der Waals surface area (Å²) < 4.78 is 2.61. The van der Waals surface area contributed by atoms with Crippen LogP contribution in [0.5, 0.6) is 0 Å². The molecule has 1 N–H and O–H groups in total.